The summed E-state index contributed by atoms with van der Waals surface area (Å²) in [6.45, 7) is 5.55. The number of benzene rings is 1. The van der Waals surface area contributed by atoms with Gasteiger partial charge in [0.15, 0.2) is 0 Å². The van der Waals surface area contributed by atoms with E-state index >= 15 is 0 Å². The van der Waals surface area contributed by atoms with Gasteiger partial charge >= 0.3 is 0 Å². The van der Waals surface area contributed by atoms with Gasteiger partial charge in [0.25, 0.3) is 0 Å². The molecule has 2 N–H and O–H groups in total. The molecule has 1 aromatic heterocycles. The van der Waals surface area contributed by atoms with E-state index in [-0.39, 0.29) is 5.92 Å². The van der Waals surface area contributed by atoms with Crippen LogP contribution in [0.1, 0.15) is 42.9 Å². The number of nitrogens with one attached hydrogen (secondary N) is 2. The first-order valence-corrected chi connectivity index (χ1v) is 9.82. The number of unbranched alkanes of at least 4 members (excludes halogenated alkanes) is 1. The fraction of sp³-hybridized carbons (Fsp3) is 0.364. The Morgan fingerprint density at radius 1 is 1.19 bits per heavy atom. The molecule has 5 heteroatoms. The zero-order chi connectivity index (χ0) is 19.3. The molecule has 2 aromatic rings. The predicted octanol–water partition coefficient (Wildman–Crippen LogP) is 4.78. The molecule has 1 atom stereocenters. The molecule has 4 nitrogen and oxygen atoms in total. The molecule has 0 radical (unpaired) electrons. The van der Waals surface area contributed by atoms with E-state index in [4.69, 9.17) is 11.6 Å². The number of aliphatic imine (C=N–C) groups is 1. The maximum Gasteiger partial charge on any atom is 0.0552 e. The molecular formula is C22H29ClN4. The van der Waals surface area contributed by atoms with E-state index in [1.54, 1.807) is 0 Å². The zero-order valence-electron chi connectivity index (χ0n) is 16.0. The Hall–Kier alpha value is -2.17. The van der Waals surface area contributed by atoms with Crippen LogP contribution in [0.15, 0.2) is 65.6 Å². The molecule has 1 heterocycles. The van der Waals surface area contributed by atoms with Gasteiger partial charge in [0, 0.05) is 36.1 Å². The Morgan fingerprint density at radius 3 is 2.67 bits per heavy atom. The van der Waals surface area contributed by atoms with Gasteiger partial charge in [-0.25, -0.2) is 0 Å². The standard InChI is InChI=1S/C22H29ClN4/c1-24-17-20(25-2)7-3-5-14-26-16-13-21(22-8-4-6-15-27-22)18-9-11-19(23)12-10-18/h4,6,8-12,15,17,21,24,26H,2-3,5,7,13-14,16H2,1H3/b20-17-. The largest absolute Gasteiger partial charge is 0.393 e. The first-order valence-electron chi connectivity index (χ1n) is 9.44. The van der Waals surface area contributed by atoms with Gasteiger partial charge in [-0.3, -0.25) is 9.98 Å². The van der Waals surface area contributed by atoms with Crippen LogP contribution in [0.3, 0.4) is 0 Å². The maximum atomic E-state index is 6.04. The van der Waals surface area contributed by atoms with E-state index < -0.39 is 0 Å². The number of hydrogen-bond donors (Lipinski definition) is 2. The van der Waals surface area contributed by atoms with Gasteiger partial charge in [0.05, 0.1) is 5.70 Å². The first kappa shape index (κ1) is 21.1. The van der Waals surface area contributed by atoms with Gasteiger partial charge in [0.1, 0.15) is 0 Å². The molecular weight excluding hydrogens is 356 g/mol. The van der Waals surface area contributed by atoms with Crippen molar-refractivity contribution in [3.05, 3.63) is 76.8 Å². The molecule has 0 aliphatic carbocycles. The van der Waals surface area contributed by atoms with E-state index in [9.17, 15) is 0 Å². The second-order valence-corrected chi connectivity index (χ2v) is 6.87. The predicted molar refractivity (Wildman–Crippen MR) is 116 cm³/mol. The Bertz CT molecular complexity index is 698. The van der Waals surface area contributed by atoms with Crippen molar-refractivity contribution in [1.82, 2.24) is 15.6 Å². The molecule has 2 rings (SSSR count). The second-order valence-electron chi connectivity index (χ2n) is 6.44. The van der Waals surface area contributed by atoms with Crippen LogP contribution in [-0.2, 0) is 0 Å². The molecule has 1 unspecified atom stereocenters. The summed E-state index contributed by atoms with van der Waals surface area (Å²) >= 11 is 6.04. The number of pyridine rings is 1. The molecule has 0 aliphatic rings. The molecule has 0 aliphatic heterocycles. The summed E-state index contributed by atoms with van der Waals surface area (Å²) in [5.41, 5.74) is 3.36. The molecule has 144 valence electrons. The Balaban J connectivity index is 1.80. The van der Waals surface area contributed by atoms with Crippen molar-refractivity contribution in [2.45, 2.75) is 31.6 Å². The third kappa shape index (κ3) is 7.53. The van der Waals surface area contributed by atoms with Crippen LogP contribution in [0.5, 0.6) is 0 Å². The molecule has 1 aromatic carbocycles. The van der Waals surface area contributed by atoms with Crippen molar-refractivity contribution in [1.29, 1.82) is 0 Å². The van der Waals surface area contributed by atoms with E-state index in [1.165, 1.54) is 5.56 Å². The highest BCUT2D eigenvalue weighted by molar-refractivity contribution is 6.30. The molecule has 0 saturated heterocycles. The summed E-state index contributed by atoms with van der Waals surface area (Å²) in [6.07, 6.45) is 7.93. The monoisotopic (exact) mass is 384 g/mol. The highest BCUT2D eigenvalue weighted by atomic mass is 35.5. The number of halogens is 1. The van der Waals surface area contributed by atoms with Gasteiger partial charge in [-0.15, -0.1) is 0 Å². The first-order chi connectivity index (χ1) is 13.2. The molecule has 0 amide bonds. The maximum absolute atomic E-state index is 6.04. The molecule has 27 heavy (non-hydrogen) atoms. The minimum atomic E-state index is 0.270. The van der Waals surface area contributed by atoms with Crippen LogP contribution in [-0.4, -0.2) is 31.8 Å². The lowest BCUT2D eigenvalue weighted by molar-refractivity contribution is 0.576. The lowest BCUT2D eigenvalue weighted by Gasteiger charge is -2.17. The number of rotatable bonds is 12. The summed E-state index contributed by atoms with van der Waals surface area (Å²) in [5, 5.41) is 7.32. The molecule has 0 saturated carbocycles. The quantitative estimate of drug-likeness (QED) is 0.409. The highest BCUT2D eigenvalue weighted by Gasteiger charge is 2.15. The lowest BCUT2D eigenvalue weighted by atomic mass is 9.92. The fourth-order valence-electron chi connectivity index (χ4n) is 3.05. The average molecular weight is 385 g/mol. The summed E-state index contributed by atoms with van der Waals surface area (Å²) in [5.74, 6) is 0.270. The average Bonchev–Trinajstić information content (AvgIpc) is 2.71. The minimum Gasteiger partial charge on any atom is -0.393 e. The topological polar surface area (TPSA) is 49.3 Å². The normalized spacial score (nSPS) is 12.6. The highest BCUT2D eigenvalue weighted by Crippen LogP contribution is 2.27. The fourth-order valence-corrected chi connectivity index (χ4v) is 3.18. The van der Waals surface area contributed by atoms with Crippen molar-refractivity contribution < 1.29 is 0 Å². The second kappa shape index (κ2) is 12.3. The van der Waals surface area contributed by atoms with Crippen LogP contribution in [0, 0.1) is 0 Å². The summed E-state index contributed by atoms with van der Waals surface area (Å²) in [6, 6.07) is 14.2. The SMILES string of the molecule is C=N/C(=C\NC)CCCCNCCC(c1ccc(Cl)cc1)c1ccccn1. The van der Waals surface area contributed by atoms with Crippen molar-refractivity contribution in [3.8, 4) is 0 Å². The molecule has 0 spiro atoms. The van der Waals surface area contributed by atoms with Crippen LogP contribution in [0.2, 0.25) is 5.02 Å². The minimum absolute atomic E-state index is 0.270. The number of hydrogen-bond acceptors (Lipinski definition) is 4. The van der Waals surface area contributed by atoms with Crippen molar-refractivity contribution in [2.24, 2.45) is 4.99 Å². The molecule has 0 fully saturated rings. The lowest BCUT2D eigenvalue weighted by Crippen LogP contribution is -2.19. The van der Waals surface area contributed by atoms with Crippen molar-refractivity contribution >= 4 is 18.3 Å². The third-order valence-electron chi connectivity index (χ3n) is 4.48. The van der Waals surface area contributed by atoms with Crippen LogP contribution in [0.4, 0.5) is 0 Å². The van der Waals surface area contributed by atoms with Gasteiger partial charge < -0.3 is 10.6 Å². The Morgan fingerprint density at radius 2 is 2.00 bits per heavy atom. The van der Waals surface area contributed by atoms with Gasteiger partial charge in [-0.2, -0.15) is 0 Å². The van der Waals surface area contributed by atoms with Gasteiger partial charge in [-0.1, -0.05) is 29.8 Å². The smallest absolute Gasteiger partial charge is 0.0552 e. The van der Waals surface area contributed by atoms with Crippen molar-refractivity contribution in [2.75, 3.05) is 20.1 Å². The third-order valence-corrected chi connectivity index (χ3v) is 4.73. The van der Waals surface area contributed by atoms with Crippen LogP contribution in [0.25, 0.3) is 0 Å². The summed E-state index contributed by atoms with van der Waals surface area (Å²) in [4.78, 5) is 8.58. The summed E-state index contributed by atoms with van der Waals surface area (Å²) in [7, 11) is 1.88. The summed E-state index contributed by atoms with van der Waals surface area (Å²) < 4.78 is 0. The molecule has 0 bridgehead atoms. The van der Waals surface area contributed by atoms with Crippen LogP contribution >= 0.6 is 11.6 Å². The number of nitrogens with zero attached hydrogens (tertiary/aromatic N) is 2. The van der Waals surface area contributed by atoms with E-state index in [0.29, 0.717) is 0 Å². The van der Waals surface area contributed by atoms with Gasteiger partial charge in [0.2, 0.25) is 0 Å². The Kier molecular flexibility index (Phi) is 9.60. The van der Waals surface area contributed by atoms with E-state index in [0.717, 1.165) is 55.2 Å². The zero-order valence-corrected chi connectivity index (χ0v) is 16.8. The van der Waals surface area contributed by atoms with E-state index in [2.05, 4.69) is 45.5 Å². The van der Waals surface area contributed by atoms with Gasteiger partial charge in [-0.05, 0) is 75.3 Å². The number of aromatic nitrogens is 1. The van der Waals surface area contributed by atoms with Crippen molar-refractivity contribution in [3.63, 3.8) is 0 Å². The Labute approximate surface area is 167 Å². The van der Waals surface area contributed by atoms with E-state index in [1.807, 2.05) is 43.7 Å². The van der Waals surface area contributed by atoms with Crippen LogP contribution < -0.4 is 10.6 Å². The number of allylic oxidation sites excluding steroid dienone is 1.